The standard InChI is InChI=1S/C19H23NO/c1-13(2)14-8-10-15(11-9-14)19-12-17(20-3)16-6-4-5-7-18(16)21-19/h4-11,13,17,19-20H,12H2,1-3H3. The SMILES string of the molecule is CNC1CC(c2ccc(C(C)C)cc2)Oc2ccccc21. The number of fused-ring (bicyclic) bond motifs is 1. The summed E-state index contributed by atoms with van der Waals surface area (Å²) in [5.41, 5.74) is 3.89. The molecular formula is C19H23NO. The molecule has 2 atom stereocenters. The third-order valence-corrected chi connectivity index (χ3v) is 4.34. The van der Waals surface area contributed by atoms with Crippen molar-refractivity contribution in [2.24, 2.45) is 0 Å². The Kier molecular flexibility index (Phi) is 3.98. The Hall–Kier alpha value is -1.80. The van der Waals surface area contributed by atoms with Crippen molar-refractivity contribution in [2.45, 2.75) is 38.3 Å². The van der Waals surface area contributed by atoms with Crippen LogP contribution in [-0.4, -0.2) is 7.05 Å². The second kappa shape index (κ2) is 5.90. The van der Waals surface area contributed by atoms with Gasteiger partial charge in [0.2, 0.25) is 0 Å². The van der Waals surface area contributed by atoms with Gasteiger partial charge in [0.25, 0.3) is 0 Å². The van der Waals surface area contributed by atoms with Crippen LogP contribution in [0.2, 0.25) is 0 Å². The van der Waals surface area contributed by atoms with Crippen molar-refractivity contribution in [3.63, 3.8) is 0 Å². The van der Waals surface area contributed by atoms with Crippen molar-refractivity contribution in [3.05, 3.63) is 65.2 Å². The molecule has 0 fully saturated rings. The fourth-order valence-electron chi connectivity index (χ4n) is 2.99. The molecule has 2 unspecified atom stereocenters. The summed E-state index contributed by atoms with van der Waals surface area (Å²) in [4.78, 5) is 0. The molecule has 0 saturated heterocycles. The molecule has 0 aliphatic carbocycles. The van der Waals surface area contributed by atoms with Crippen molar-refractivity contribution in [2.75, 3.05) is 7.05 Å². The predicted octanol–water partition coefficient (Wildman–Crippen LogP) is 4.59. The highest BCUT2D eigenvalue weighted by atomic mass is 16.5. The first-order valence-electron chi connectivity index (χ1n) is 7.71. The van der Waals surface area contributed by atoms with Gasteiger partial charge in [0.15, 0.2) is 0 Å². The molecule has 1 heterocycles. The van der Waals surface area contributed by atoms with Crippen LogP contribution in [0.4, 0.5) is 0 Å². The molecule has 1 aliphatic rings. The van der Waals surface area contributed by atoms with E-state index in [0.717, 1.165) is 12.2 Å². The maximum atomic E-state index is 6.21. The summed E-state index contributed by atoms with van der Waals surface area (Å²) < 4.78 is 6.21. The van der Waals surface area contributed by atoms with E-state index in [-0.39, 0.29) is 6.10 Å². The molecule has 1 aliphatic heterocycles. The zero-order valence-electron chi connectivity index (χ0n) is 13.0. The van der Waals surface area contributed by atoms with E-state index in [1.54, 1.807) is 0 Å². The van der Waals surface area contributed by atoms with E-state index in [2.05, 4.69) is 61.6 Å². The summed E-state index contributed by atoms with van der Waals surface area (Å²) in [6.07, 6.45) is 1.09. The van der Waals surface area contributed by atoms with Crippen LogP contribution in [0.5, 0.6) is 5.75 Å². The monoisotopic (exact) mass is 281 g/mol. The van der Waals surface area contributed by atoms with Crippen LogP contribution in [0.3, 0.4) is 0 Å². The fourth-order valence-corrected chi connectivity index (χ4v) is 2.99. The van der Waals surface area contributed by atoms with Gasteiger partial charge in [-0.3, -0.25) is 0 Å². The molecule has 3 rings (SSSR count). The topological polar surface area (TPSA) is 21.3 Å². The molecular weight excluding hydrogens is 258 g/mol. The average Bonchev–Trinajstić information content (AvgIpc) is 2.53. The number of nitrogens with one attached hydrogen (secondary N) is 1. The lowest BCUT2D eigenvalue weighted by Gasteiger charge is -2.32. The number of ether oxygens (including phenoxy) is 1. The van der Waals surface area contributed by atoms with E-state index in [1.165, 1.54) is 16.7 Å². The second-order valence-electron chi connectivity index (χ2n) is 6.04. The predicted molar refractivity (Wildman–Crippen MR) is 86.8 cm³/mol. The Morgan fingerprint density at radius 3 is 2.43 bits per heavy atom. The molecule has 2 heteroatoms. The van der Waals surface area contributed by atoms with Crippen LogP contribution in [0.25, 0.3) is 0 Å². The number of rotatable bonds is 3. The van der Waals surface area contributed by atoms with E-state index in [9.17, 15) is 0 Å². The molecule has 2 nitrogen and oxygen atoms in total. The molecule has 0 amide bonds. The normalized spacial score (nSPS) is 21.0. The minimum atomic E-state index is 0.124. The highest BCUT2D eigenvalue weighted by Crippen LogP contribution is 2.40. The number of benzene rings is 2. The smallest absolute Gasteiger partial charge is 0.126 e. The van der Waals surface area contributed by atoms with Gasteiger partial charge in [-0.1, -0.05) is 56.3 Å². The third-order valence-electron chi connectivity index (χ3n) is 4.34. The van der Waals surface area contributed by atoms with Crippen LogP contribution in [0.15, 0.2) is 48.5 Å². The Bertz CT molecular complexity index is 603. The largest absolute Gasteiger partial charge is 0.485 e. The fraction of sp³-hybridized carbons (Fsp3) is 0.368. The van der Waals surface area contributed by atoms with Crippen molar-refractivity contribution in [1.82, 2.24) is 5.32 Å². The van der Waals surface area contributed by atoms with E-state index in [1.807, 2.05) is 13.1 Å². The van der Waals surface area contributed by atoms with Crippen LogP contribution in [0.1, 0.15) is 55.0 Å². The maximum absolute atomic E-state index is 6.21. The van der Waals surface area contributed by atoms with Gasteiger partial charge in [0.1, 0.15) is 11.9 Å². The molecule has 2 aromatic rings. The molecule has 0 radical (unpaired) electrons. The van der Waals surface area contributed by atoms with E-state index < -0.39 is 0 Å². The summed E-state index contributed by atoms with van der Waals surface area (Å²) >= 11 is 0. The zero-order chi connectivity index (χ0) is 14.8. The molecule has 2 aromatic carbocycles. The van der Waals surface area contributed by atoms with Gasteiger partial charge >= 0.3 is 0 Å². The maximum Gasteiger partial charge on any atom is 0.126 e. The third kappa shape index (κ3) is 2.81. The first-order valence-corrected chi connectivity index (χ1v) is 7.71. The van der Waals surface area contributed by atoms with Gasteiger partial charge in [0, 0.05) is 18.0 Å². The lowest BCUT2D eigenvalue weighted by atomic mass is 9.92. The second-order valence-corrected chi connectivity index (χ2v) is 6.04. The van der Waals surface area contributed by atoms with Crippen LogP contribution in [-0.2, 0) is 0 Å². The highest BCUT2D eigenvalue weighted by molar-refractivity contribution is 5.39. The summed E-state index contributed by atoms with van der Waals surface area (Å²) in [6.45, 7) is 4.44. The molecule has 1 N–H and O–H groups in total. The first-order chi connectivity index (χ1) is 10.2. The molecule has 21 heavy (non-hydrogen) atoms. The van der Waals surface area contributed by atoms with Crippen molar-refractivity contribution in [3.8, 4) is 5.75 Å². The summed E-state index contributed by atoms with van der Waals surface area (Å²) in [6, 6.07) is 17.5. The zero-order valence-corrected chi connectivity index (χ0v) is 13.0. The summed E-state index contributed by atoms with van der Waals surface area (Å²) in [7, 11) is 2.02. The highest BCUT2D eigenvalue weighted by Gasteiger charge is 2.27. The van der Waals surface area contributed by atoms with Crippen LogP contribution < -0.4 is 10.1 Å². The van der Waals surface area contributed by atoms with Gasteiger partial charge in [-0.15, -0.1) is 0 Å². The van der Waals surface area contributed by atoms with E-state index in [4.69, 9.17) is 4.74 Å². The Balaban J connectivity index is 1.87. The van der Waals surface area contributed by atoms with Gasteiger partial charge in [0.05, 0.1) is 0 Å². The lowest BCUT2D eigenvalue weighted by Crippen LogP contribution is -2.26. The van der Waals surface area contributed by atoms with Crippen LogP contribution >= 0.6 is 0 Å². The Morgan fingerprint density at radius 1 is 1.05 bits per heavy atom. The van der Waals surface area contributed by atoms with E-state index >= 15 is 0 Å². The molecule has 0 aromatic heterocycles. The summed E-state index contributed by atoms with van der Waals surface area (Å²) in [5.74, 6) is 1.57. The molecule has 0 spiro atoms. The van der Waals surface area contributed by atoms with Gasteiger partial charge in [-0.05, 0) is 30.2 Å². The quantitative estimate of drug-likeness (QED) is 0.888. The van der Waals surface area contributed by atoms with Crippen LogP contribution in [0, 0.1) is 0 Å². The lowest BCUT2D eigenvalue weighted by molar-refractivity contribution is 0.154. The summed E-state index contributed by atoms with van der Waals surface area (Å²) in [5, 5.41) is 3.41. The first kappa shape index (κ1) is 14.2. The number of para-hydroxylation sites is 1. The van der Waals surface area contributed by atoms with Gasteiger partial charge in [-0.2, -0.15) is 0 Å². The van der Waals surface area contributed by atoms with Crippen molar-refractivity contribution >= 4 is 0 Å². The number of hydrogen-bond acceptors (Lipinski definition) is 2. The van der Waals surface area contributed by atoms with E-state index in [0.29, 0.717) is 12.0 Å². The minimum absolute atomic E-state index is 0.124. The van der Waals surface area contributed by atoms with Crippen molar-refractivity contribution in [1.29, 1.82) is 0 Å². The molecule has 0 bridgehead atoms. The average molecular weight is 281 g/mol. The Labute approximate surface area is 127 Å². The number of hydrogen-bond donors (Lipinski definition) is 1. The molecule has 110 valence electrons. The molecule has 0 saturated carbocycles. The minimum Gasteiger partial charge on any atom is -0.485 e. The van der Waals surface area contributed by atoms with Crippen molar-refractivity contribution < 1.29 is 4.74 Å². The van der Waals surface area contributed by atoms with Gasteiger partial charge in [-0.25, -0.2) is 0 Å². The Morgan fingerprint density at radius 2 is 1.76 bits per heavy atom. The van der Waals surface area contributed by atoms with Gasteiger partial charge < -0.3 is 10.1 Å².